The van der Waals surface area contributed by atoms with Crippen molar-refractivity contribution in [3.8, 4) is 6.07 Å². The highest BCUT2D eigenvalue weighted by Crippen LogP contribution is 2.32. The fourth-order valence-electron chi connectivity index (χ4n) is 3.44. The number of nitrogens with zero attached hydrogens (tertiary/aromatic N) is 5. The molecular formula is C19H20ClN6O4P. The van der Waals surface area contributed by atoms with Gasteiger partial charge < -0.3 is 24.6 Å². The van der Waals surface area contributed by atoms with Crippen molar-refractivity contribution in [2.24, 2.45) is 0 Å². The zero-order chi connectivity index (χ0) is 21.8. The molecule has 10 nitrogen and oxygen atoms in total. The Balaban J connectivity index is 1.48. The molecule has 2 aromatic heterocycles. The molecule has 3 aromatic rings. The maximum absolute atomic E-state index is 9.06. The molecule has 0 spiro atoms. The smallest absolute Gasteiger partial charge is 0.226 e. The van der Waals surface area contributed by atoms with E-state index in [-0.39, 0.29) is 30.6 Å². The van der Waals surface area contributed by atoms with Gasteiger partial charge in [-0.1, -0.05) is 12.1 Å². The number of nitriles is 1. The maximum atomic E-state index is 9.06. The lowest BCUT2D eigenvalue weighted by Crippen LogP contribution is -2.17. The number of rotatable bonds is 8. The first-order valence-electron chi connectivity index (χ1n) is 9.55. The molecule has 31 heavy (non-hydrogen) atoms. The van der Waals surface area contributed by atoms with E-state index in [9.17, 15) is 0 Å². The number of halogens is 1. The van der Waals surface area contributed by atoms with E-state index in [0.717, 1.165) is 12.0 Å². The number of hydrogen-bond donors (Lipinski definition) is 3. The van der Waals surface area contributed by atoms with Crippen molar-refractivity contribution in [1.82, 2.24) is 19.7 Å². The minimum Gasteiger partial charge on any atom is -0.369 e. The first-order valence-corrected chi connectivity index (χ1v) is 11.4. The molecule has 0 bridgehead atoms. The predicted molar refractivity (Wildman–Crippen MR) is 114 cm³/mol. The van der Waals surface area contributed by atoms with Gasteiger partial charge in [0, 0.05) is 6.54 Å². The fraction of sp³-hybridized carbons (Fsp3) is 0.368. The van der Waals surface area contributed by atoms with Gasteiger partial charge in [0.25, 0.3) is 0 Å². The Morgan fingerprint density at radius 2 is 2.23 bits per heavy atom. The summed E-state index contributed by atoms with van der Waals surface area (Å²) in [6.07, 6.45) is 2.53. The van der Waals surface area contributed by atoms with E-state index in [1.165, 1.54) is 0 Å². The number of fused-ring (bicyclic) bond motifs is 1. The molecule has 1 aromatic carbocycles. The van der Waals surface area contributed by atoms with Crippen molar-refractivity contribution in [3.05, 3.63) is 46.9 Å². The van der Waals surface area contributed by atoms with Crippen molar-refractivity contribution in [1.29, 1.82) is 5.26 Å². The third-order valence-corrected chi connectivity index (χ3v) is 5.39. The van der Waals surface area contributed by atoms with Gasteiger partial charge in [0.1, 0.15) is 12.2 Å². The zero-order valence-corrected chi connectivity index (χ0v) is 18.0. The third-order valence-electron chi connectivity index (χ3n) is 4.81. The predicted octanol–water partition coefficient (Wildman–Crippen LogP) is 2.91. The standard InChI is InChI=1S/C19H20ClN6O4P/c20-19-24-17(22-8-13-3-1-2-12(6-13)7-21)15-9-23-26(18(15)25-19)16-5-4-14(30-16)10-29-11-31(27)28/h1-3,6,9,14,16,27-28H,4-5,8,10-11H2,(H,22,24,25). The minimum absolute atomic E-state index is 0.0830. The highest BCUT2D eigenvalue weighted by Gasteiger charge is 2.29. The minimum atomic E-state index is -2.07. The normalized spacial score (nSPS) is 18.5. The van der Waals surface area contributed by atoms with Gasteiger partial charge >= 0.3 is 0 Å². The number of ether oxygens (including phenoxy) is 2. The summed E-state index contributed by atoms with van der Waals surface area (Å²) in [5.41, 5.74) is 2.07. The fourth-order valence-corrected chi connectivity index (χ4v) is 3.87. The second kappa shape index (κ2) is 9.83. The first kappa shape index (κ1) is 21.8. The van der Waals surface area contributed by atoms with E-state index >= 15 is 0 Å². The SMILES string of the molecule is N#Cc1cccc(CNc2nc(Cl)nc3c2cnn3C2CCC(COCP(O)O)O2)c1. The lowest BCUT2D eigenvalue weighted by Gasteiger charge is -2.15. The van der Waals surface area contributed by atoms with E-state index < -0.39 is 8.38 Å². The van der Waals surface area contributed by atoms with Crippen LogP contribution in [0, 0.1) is 11.3 Å². The van der Waals surface area contributed by atoms with Crippen LogP contribution in [0.2, 0.25) is 5.28 Å². The van der Waals surface area contributed by atoms with Crippen molar-refractivity contribution in [2.75, 3.05) is 18.3 Å². The molecule has 0 radical (unpaired) electrons. The molecule has 1 saturated heterocycles. The molecular weight excluding hydrogens is 443 g/mol. The summed E-state index contributed by atoms with van der Waals surface area (Å²) in [5.74, 6) is 0.542. The van der Waals surface area contributed by atoms with Crippen LogP contribution >= 0.6 is 20.0 Å². The third kappa shape index (κ3) is 5.28. The zero-order valence-electron chi connectivity index (χ0n) is 16.3. The van der Waals surface area contributed by atoms with Gasteiger partial charge in [0.15, 0.2) is 20.3 Å². The molecule has 3 heterocycles. The van der Waals surface area contributed by atoms with Crippen LogP contribution in [0.15, 0.2) is 30.5 Å². The Morgan fingerprint density at radius 3 is 3.03 bits per heavy atom. The molecule has 0 aliphatic carbocycles. The van der Waals surface area contributed by atoms with Crippen molar-refractivity contribution in [2.45, 2.75) is 31.7 Å². The molecule has 1 fully saturated rings. The highest BCUT2D eigenvalue weighted by atomic mass is 35.5. The molecule has 2 atom stereocenters. The van der Waals surface area contributed by atoms with Crippen LogP contribution in [0.1, 0.15) is 30.2 Å². The average Bonchev–Trinajstić information content (AvgIpc) is 3.38. The van der Waals surface area contributed by atoms with Crippen LogP contribution in [0.4, 0.5) is 5.82 Å². The summed E-state index contributed by atoms with van der Waals surface area (Å²) in [6.45, 7) is 0.737. The number of aromatic nitrogens is 4. The maximum Gasteiger partial charge on any atom is 0.226 e. The van der Waals surface area contributed by atoms with E-state index in [1.807, 2.05) is 18.2 Å². The highest BCUT2D eigenvalue weighted by molar-refractivity contribution is 7.44. The molecule has 1 aliphatic heterocycles. The van der Waals surface area contributed by atoms with Gasteiger partial charge in [0.05, 0.1) is 35.9 Å². The second-order valence-electron chi connectivity index (χ2n) is 7.00. The molecule has 12 heteroatoms. The van der Waals surface area contributed by atoms with E-state index in [2.05, 4.69) is 26.5 Å². The Hall–Kier alpha value is -2.38. The van der Waals surface area contributed by atoms with Crippen LogP contribution < -0.4 is 5.32 Å². The van der Waals surface area contributed by atoms with Crippen molar-refractivity contribution >= 4 is 36.8 Å². The number of benzene rings is 1. The van der Waals surface area contributed by atoms with Gasteiger partial charge in [-0.25, -0.2) is 4.68 Å². The number of hydrogen-bond acceptors (Lipinski definition) is 9. The largest absolute Gasteiger partial charge is 0.369 e. The first-order chi connectivity index (χ1) is 15.0. The molecule has 0 saturated carbocycles. The molecule has 2 unspecified atom stereocenters. The molecule has 4 rings (SSSR count). The Labute approximate surface area is 184 Å². The Bertz CT molecular complexity index is 1100. The number of nitrogens with one attached hydrogen (secondary N) is 1. The Kier molecular flexibility index (Phi) is 6.92. The van der Waals surface area contributed by atoms with Crippen LogP contribution in [0.25, 0.3) is 11.0 Å². The summed E-state index contributed by atoms with van der Waals surface area (Å²) < 4.78 is 12.9. The topological polar surface area (TPSA) is 138 Å². The van der Waals surface area contributed by atoms with Crippen LogP contribution in [0.5, 0.6) is 0 Å². The van der Waals surface area contributed by atoms with E-state index in [1.54, 1.807) is 16.9 Å². The van der Waals surface area contributed by atoms with E-state index in [0.29, 0.717) is 35.4 Å². The summed E-state index contributed by atoms with van der Waals surface area (Å²) in [7, 11) is -2.07. The van der Waals surface area contributed by atoms with Gasteiger partial charge in [-0.2, -0.15) is 20.3 Å². The van der Waals surface area contributed by atoms with Crippen molar-refractivity contribution < 1.29 is 19.3 Å². The van der Waals surface area contributed by atoms with Gasteiger partial charge in [-0.05, 0) is 42.1 Å². The van der Waals surface area contributed by atoms with Crippen molar-refractivity contribution in [3.63, 3.8) is 0 Å². The Morgan fingerprint density at radius 1 is 1.35 bits per heavy atom. The summed E-state index contributed by atoms with van der Waals surface area (Å²) in [5, 5.41) is 17.5. The van der Waals surface area contributed by atoms with Gasteiger partial charge in [0.2, 0.25) is 5.28 Å². The molecule has 1 aliphatic rings. The lowest BCUT2D eigenvalue weighted by molar-refractivity contribution is -0.0384. The molecule has 162 valence electrons. The second-order valence-corrected chi connectivity index (χ2v) is 8.34. The lowest BCUT2D eigenvalue weighted by atomic mass is 10.1. The van der Waals surface area contributed by atoms with Gasteiger partial charge in [-0.3, -0.25) is 0 Å². The van der Waals surface area contributed by atoms with Gasteiger partial charge in [-0.15, -0.1) is 0 Å². The summed E-state index contributed by atoms with van der Waals surface area (Å²) >= 11 is 6.16. The van der Waals surface area contributed by atoms with Crippen LogP contribution in [-0.4, -0.2) is 48.6 Å². The average molecular weight is 463 g/mol. The number of anilines is 1. The summed E-state index contributed by atoms with van der Waals surface area (Å²) in [4.78, 5) is 26.5. The molecule has 0 amide bonds. The van der Waals surface area contributed by atoms with Crippen LogP contribution in [0.3, 0.4) is 0 Å². The molecule has 3 N–H and O–H groups in total. The van der Waals surface area contributed by atoms with E-state index in [4.69, 9.17) is 36.1 Å². The summed E-state index contributed by atoms with van der Waals surface area (Å²) in [6, 6.07) is 9.43. The monoisotopic (exact) mass is 462 g/mol. The quantitative estimate of drug-likeness (QED) is 0.340. The van der Waals surface area contributed by atoms with Crippen LogP contribution in [-0.2, 0) is 16.0 Å².